The van der Waals surface area contributed by atoms with E-state index in [1.807, 2.05) is 18.7 Å². The third-order valence-corrected chi connectivity index (χ3v) is 4.72. The number of oxazole rings is 1. The van der Waals surface area contributed by atoms with Gasteiger partial charge < -0.3 is 14.6 Å². The third kappa shape index (κ3) is 5.09. The molecule has 1 N–H and O–H groups in total. The topological polar surface area (TPSA) is 61.6 Å². The van der Waals surface area contributed by atoms with Gasteiger partial charge in [-0.1, -0.05) is 6.42 Å². The Morgan fingerprint density at radius 1 is 1.21 bits per heavy atom. The number of piperidine rings is 1. The summed E-state index contributed by atoms with van der Waals surface area (Å²) in [4.78, 5) is 21.2. The molecule has 3 rings (SSSR count). The van der Waals surface area contributed by atoms with Crippen LogP contribution in [0.25, 0.3) is 0 Å². The number of piperazine rings is 1. The molecule has 1 aromatic heterocycles. The zero-order valence-electron chi connectivity index (χ0n) is 14.4. The molecule has 0 saturated carbocycles. The number of aryl methyl sites for hydroxylation is 2. The van der Waals surface area contributed by atoms with Crippen molar-refractivity contribution >= 4 is 30.7 Å². The molecule has 0 unspecified atom stereocenters. The molecule has 24 heavy (non-hydrogen) atoms. The quantitative estimate of drug-likeness (QED) is 0.870. The normalized spacial score (nSPS) is 21.8. The van der Waals surface area contributed by atoms with E-state index in [2.05, 4.69) is 15.2 Å². The van der Waals surface area contributed by atoms with E-state index in [1.165, 1.54) is 6.42 Å². The van der Waals surface area contributed by atoms with Gasteiger partial charge in [-0.15, -0.1) is 24.8 Å². The maximum atomic E-state index is 12.5. The molecule has 0 aliphatic carbocycles. The highest BCUT2D eigenvalue weighted by molar-refractivity contribution is 5.85. The number of hydrogen-bond acceptors (Lipinski definition) is 5. The molecule has 3 heterocycles. The predicted molar refractivity (Wildman–Crippen MR) is 98.0 cm³/mol. The second kappa shape index (κ2) is 9.61. The monoisotopic (exact) mass is 378 g/mol. The summed E-state index contributed by atoms with van der Waals surface area (Å²) in [5, 5.41) is 3.35. The Morgan fingerprint density at radius 2 is 1.92 bits per heavy atom. The first-order chi connectivity index (χ1) is 10.6. The molecule has 1 aromatic rings. The van der Waals surface area contributed by atoms with Gasteiger partial charge in [0.2, 0.25) is 11.8 Å². The molecule has 2 saturated heterocycles. The highest BCUT2D eigenvalue weighted by atomic mass is 35.5. The van der Waals surface area contributed by atoms with Crippen molar-refractivity contribution in [3.05, 3.63) is 17.3 Å². The highest BCUT2D eigenvalue weighted by Gasteiger charge is 2.28. The van der Waals surface area contributed by atoms with Crippen molar-refractivity contribution in [2.45, 2.75) is 45.7 Å². The highest BCUT2D eigenvalue weighted by Crippen LogP contribution is 2.14. The lowest BCUT2D eigenvalue weighted by Gasteiger charge is -2.36. The molecule has 2 aliphatic rings. The lowest BCUT2D eigenvalue weighted by atomic mass is 10.0. The lowest BCUT2D eigenvalue weighted by molar-refractivity contribution is -0.135. The molecule has 0 bridgehead atoms. The van der Waals surface area contributed by atoms with Crippen molar-refractivity contribution in [2.24, 2.45) is 0 Å². The van der Waals surface area contributed by atoms with Crippen LogP contribution in [0.15, 0.2) is 4.42 Å². The van der Waals surface area contributed by atoms with E-state index < -0.39 is 0 Å². The minimum Gasteiger partial charge on any atom is -0.444 e. The van der Waals surface area contributed by atoms with E-state index in [9.17, 15) is 4.79 Å². The molecule has 0 aromatic carbocycles. The van der Waals surface area contributed by atoms with E-state index in [0.717, 1.165) is 69.5 Å². The van der Waals surface area contributed by atoms with Crippen molar-refractivity contribution in [1.82, 2.24) is 20.1 Å². The van der Waals surface area contributed by atoms with E-state index in [1.54, 1.807) is 0 Å². The summed E-state index contributed by atoms with van der Waals surface area (Å²) in [7, 11) is 0. The van der Waals surface area contributed by atoms with Crippen LogP contribution in [0, 0.1) is 13.8 Å². The van der Waals surface area contributed by atoms with Crippen LogP contribution in [-0.4, -0.2) is 59.5 Å². The van der Waals surface area contributed by atoms with Gasteiger partial charge in [0.05, 0.1) is 18.3 Å². The van der Waals surface area contributed by atoms with Crippen molar-refractivity contribution in [2.75, 3.05) is 32.7 Å². The predicted octanol–water partition coefficient (Wildman–Crippen LogP) is 1.92. The van der Waals surface area contributed by atoms with E-state index in [4.69, 9.17) is 4.42 Å². The molecule has 1 atom stereocenters. The summed E-state index contributed by atoms with van der Waals surface area (Å²) in [6.07, 6.45) is 3.33. The van der Waals surface area contributed by atoms with E-state index in [0.29, 0.717) is 0 Å². The van der Waals surface area contributed by atoms with Crippen molar-refractivity contribution in [3.8, 4) is 0 Å². The van der Waals surface area contributed by atoms with Gasteiger partial charge in [-0.25, -0.2) is 4.98 Å². The summed E-state index contributed by atoms with van der Waals surface area (Å²) in [5.74, 6) is 1.96. The molecule has 8 heteroatoms. The largest absolute Gasteiger partial charge is 0.444 e. The van der Waals surface area contributed by atoms with Crippen LogP contribution >= 0.6 is 24.8 Å². The number of amides is 1. The molecule has 2 fully saturated rings. The van der Waals surface area contributed by atoms with Gasteiger partial charge in [-0.05, 0) is 33.2 Å². The van der Waals surface area contributed by atoms with Crippen LogP contribution in [0.4, 0.5) is 0 Å². The van der Waals surface area contributed by atoms with Gasteiger partial charge in [0.1, 0.15) is 5.76 Å². The van der Waals surface area contributed by atoms with Crippen LogP contribution in [0.1, 0.15) is 36.6 Å². The average Bonchev–Trinajstić information content (AvgIpc) is 2.86. The average molecular weight is 379 g/mol. The number of nitrogens with zero attached hydrogens (tertiary/aromatic N) is 3. The molecule has 1 amide bonds. The van der Waals surface area contributed by atoms with Crippen LogP contribution in [0.3, 0.4) is 0 Å². The van der Waals surface area contributed by atoms with Crippen LogP contribution in [0.5, 0.6) is 0 Å². The third-order valence-electron chi connectivity index (χ3n) is 4.72. The molecular formula is C16H28Cl2N4O2. The smallest absolute Gasteiger partial charge is 0.239 e. The Kier molecular flexibility index (Phi) is 8.50. The van der Waals surface area contributed by atoms with Gasteiger partial charge in [-0.3, -0.25) is 9.69 Å². The zero-order valence-corrected chi connectivity index (χ0v) is 16.0. The van der Waals surface area contributed by atoms with Crippen molar-refractivity contribution in [1.29, 1.82) is 0 Å². The summed E-state index contributed by atoms with van der Waals surface area (Å²) >= 11 is 0. The number of carbonyl (C=O) groups excluding carboxylic acids is 1. The summed E-state index contributed by atoms with van der Waals surface area (Å²) in [6, 6.07) is 0.0392. The molecule has 2 aliphatic heterocycles. The minimum absolute atomic E-state index is 0. The Labute approximate surface area is 156 Å². The maximum Gasteiger partial charge on any atom is 0.239 e. The fourth-order valence-corrected chi connectivity index (χ4v) is 3.21. The Morgan fingerprint density at radius 3 is 2.46 bits per heavy atom. The summed E-state index contributed by atoms with van der Waals surface area (Å²) in [5.41, 5.74) is 0.965. The SMILES string of the molecule is Cc1nc(CN2CCN(C(=O)[C@H]3CCCCN3)CC2)oc1C.Cl.Cl. The molecule has 0 spiro atoms. The number of aromatic nitrogens is 1. The van der Waals surface area contributed by atoms with Gasteiger partial charge >= 0.3 is 0 Å². The lowest BCUT2D eigenvalue weighted by Crippen LogP contribution is -2.54. The van der Waals surface area contributed by atoms with E-state index in [-0.39, 0.29) is 36.8 Å². The first-order valence-electron chi connectivity index (χ1n) is 8.31. The van der Waals surface area contributed by atoms with Crippen LogP contribution in [0.2, 0.25) is 0 Å². The molecule has 6 nitrogen and oxygen atoms in total. The Balaban J connectivity index is 0.00000144. The number of hydrogen-bond donors (Lipinski definition) is 1. The molecule has 0 radical (unpaired) electrons. The second-order valence-electron chi connectivity index (χ2n) is 6.35. The first-order valence-corrected chi connectivity index (χ1v) is 8.31. The number of halogens is 2. The maximum absolute atomic E-state index is 12.5. The van der Waals surface area contributed by atoms with Crippen molar-refractivity contribution < 1.29 is 9.21 Å². The van der Waals surface area contributed by atoms with Crippen LogP contribution in [-0.2, 0) is 11.3 Å². The fraction of sp³-hybridized carbons (Fsp3) is 0.750. The summed E-state index contributed by atoms with van der Waals surface area (Å²) in [6.45, 7) is 9.00. The van der Waals surface area contributed by atoms with Gasteiger partial charge in [0, 0.05) is 26.2 Å². The van der Waals surface area contributed by atoms with Crippen LogP contribution < -0.4 is 5.32 Å². The molecular weight excluding hydrogens is 351 g/mol. The van der Waals surface area contributed by atoms with Gasteiger partial charge in [0.25, 0.3) is 0 Å². The molecule has 138 valence electrons. The number of nitrogens with one attached hydrogen (secondary N) is 1. The van der Waals surface area contributed by atoms with Gasteiger partial charge in [-0.2, -0.15) is 0 Å². The van der Waals surface area contributed by atoms with Gasteiger partial charge in [0.15, 0.2) is 0 Å². The minimum atomic E-state index is 0. The standard InChI is InChI=1S/C16H26N4O2.2ClH/c1-12-13(2)22-15(18-12)11-19-7-9-20(10-8-19)16(21)14-5-3-4-6-17-14;;/h14,17H,3-11H2,1-2H3;2*1H/t14-;;/m1../s1. The number of rotatable bonds is 3. The fourth-order valence-electron chi connectivity index (χ4n) is 3.21. The van der Waals surface area contributed by atoms with E-state index >= 15 is 0 Å². The second-order valence-corrected chi connectivity index (χ2v) is 6.35. The Hall–Kier alpha value is -0.820. The first kappa shape index (κ1) is 21.2. The zero-order chi connectivity index (χ0) is 15.5. The Bertz CT molecular complexity index is 505. The number of carbonyl (C=O) groups is 1. The summed E-state index contributed by atoms with van der Waals surface area (Å²) < 4.78 is 5.64. The van der Waals surface area contributed by atoms with Crippen molar-refractivity contribution in [3.63, 3.8) is 0 Å².